The highest BCUT2D eigenvalue weighted by atomic mass is 16.5. The van der Waals surface area contributed by atoms with Crippen LogP contribution in [-0.4, -0.2) is 27.5 Å². The number of nitrogens with one attached hydrogen (secondary N) is 1. The van der Waals surface area contributed by atoms with Crippen LogP contribution in [0.3, 0.4) is 0 Å². The molecule has 2 heterocycles. The fraction of sp³-hybridized carbons (Fsp3) is 0.200. The zero-order valence-corrected chi connectivity index (χ0v) is 15.0. The molecular formula is C20H20N4O3. The van der Waals surface area contributed by atoms with E-state index in [9.17, 15) is 9.59 Å². The summed E-state index contributed by atoms with van der Waals surface area (Å²) in [5.41, 5.74) is 2.57. The van der Waals surface area contributed by atoms with Crippen molar-refractivity contribution in [2.75, 3.05) is 11.9 Å². The number of carbonyl (C=O) groups is 1. The highest BCUT2D eigenvalue weighted by Crippen LogP contribution is 2.13. The van der Waals surface area contributed by atoms with Gasteiger partial charge in [-0.15, -0.1) is 0 Å². The van der Waals surface area contributed by atoms with Gasteiger partial charge in [-0.05, 0) is 36.2 Å². The molecule has 27 heavy (non-hydrogen) atoms. The number of pyridine rings is 1. The number of ether oxygens (including phenoxy) is 1. The van der Waals surface area contributed by atoms with Gasteiger partial charge in [-0.3, -0.25) is 15.1 Å². The first-order valence-electron chi connectivity index (χ1n) is 8.67. The quantitative estimate of drug-likeness (QED) is 0.726. The van der Waals surface area contributed by atoms with Crippen molar-refractivity contribution in [1.29, 1.82) is 0 Å². The Labute approximate surface area is 156 Å². The Kier molecular flexibility index (Phi) is 5.94. The second kappa shape index (κ2) is 8.75. The third kappa shape index (κ3) is 5.01. The summed E-state index contributed by atoms with van der Waals surface area (Å²) >= 11 is 0. The van der Waals surface area contributed by atoms with Gasteiger partial charge in [-0.2, -0.15) is 5.10 Å². The van der Waals surface area contributed by atoms with Crippen LogP contribution in [0.1, 0.15) is 24.6 Å². The average molecular weight is 364 g/mol. The van der Waals surface area contributed by atoms with Gasteiger partial charge in [-0.1, -0.05) is 19.1 Å². The zero-order chi connectivity index (χ0) is 19.1. The number of nitrogens with zero attached hydrogens (tertiary/aromatic N) is 3. The smallest absolute Gasteiger partial charge is 0.411 e. The van der Waals surface area contributed by atoms with Gasteiger partial charge in [0.25, 0.3) is 0 Å². The molecule has 0 bridgehead atoms. The highest BCUT2D eigenvalue weighted by Gasteiger charge is 2.08. The summed E-state index contributed by atoms with van der Waals surface area (Å²) in [7, 11) is 0. The second-order valence-corrected chi connectivity index (χ2v) is 5.91. The van der Waals surface area contributed by atoms with Gasteiger partial charge in [0.1, 0.15) is 5.69 Å². The summed E-state index contributed by atoms with van der Waals surface area (Å²) in [5.74, 6) is 0. The lowest BCUT2D eigenvalue weighted by atomic mass is 10.1. The van der Waals surface area contributed by atoms with E-state index < -0.39 is 6.09 Å². The lowest BCUT2D eigenvalue weighted by Crippen LogP contribution is -2.17. The minimum Gasteiger partial charge on any atom is -0.449 e. The summed E-state index contributed by atoms with van der Waals surface area (Å²) in [4.78, 5) is 27.9. The molecule has 1 N–H and O–H groups in total. The first-order chi connectivity index (χ1) is 13.2. The van der Waals surface area contributed by atoms with Gasteiger partial charge >= 0.3 is 6.09 Å². The fourth-order valence-corrected chi connectivity index (χ4v) is 2.51. The van der Waals surface area contributed by atoms with Crippen molar-refractivity contribution in [3.05, 3.63) is 82.5 Å². The molecule has 0 aliphatic heterocycles. The van der Waals surface area contributed by atoms with Crippen molar-refractivity contribution in [1.82, 2.24) is 14.8 Å². The van der Waals surface area contributed by atoms with Crippen molar-refractivity contribution >= 4 is 11.8 Å². The number of anilines is 1. The minimum absolute atomic E-state index is 0.138. The number of carbonyl (C=O) groups excluding carboxylic acids is 1. The molecule has 1 aromatic carbocycles. The van der Waals surface area contributed by atoms with Gasteiger partial charge in [-0.25, -0.2) is 9.48 Å². The molecule has 2 aromatic heterocycles. The van der Waals surface area contributed by atoms with Crippen LogP contribution >= 0.6 is 0 Å². The summed E-state index contributed by atoms with van der Waals surface area (Å²) in [6.45, 7) is 2.30. The van der Waals surface area contributed by atoms with E-state index in [-0.39, 0.29) is 5.43 Å². The number of rotatable bonds is 6. The van der Waals surface area contributed by atoms with Crippen LogP contribution in [0, 0.1) is 0 Å². The molecule has 1 amide bonds. The fourth-order valence-electron chi connectivity index (χ4n) is 2.51. The molecule has 7 nitrogen and oxygen atoms in total. The SMILES string of the molecule is CCCOC(=O)Nc1cccc(Cc2nn(-c3ccncc3)ccc2=O)c1. The number of benzene rings is 1. The first-order valence-corrected chi connectivity index (χ1v) is 8.67. The topological polar surface area (TPSA) is 86.1 Å². The Balaban J connectivity index is 1.78. The van der Waals surface area contributed by atoms with Crippen LogP contribution in [0.2, 0.25) is 0 Å². The van der Waals surface area contributed by atoms with E-state index in [0.29, 0.717) is 24.4 Å². The predicted octanol–water partition coefficient (Wildman–Crippen LogP) is 3.18. The molecule has 138 valence electrons. The molecule has 0 spiro atoms. The van der Waals surface area contributed by atoms with Crippen LogP contribution in [0.4, 0.5) is 10.5 Å². The molecular weight excluding hydrogens is 344 g/mol. The van der Waals surface area contributed by atoms with E-state index in [1.165, 1.54) is 6.07 Å². The van der Waals surface area contributed by atoms with Crippen LogP contribution < -0.4 is 10.7 Å². The Hall–Kier alpha value is -3.48. The molecule has 3 rings (SSSR count). The molecule has 0 radical (unpaired) electrons. The molecule has 3 aromatic rings. The number of aromatic nitrogens is 3. The van der Waals surface area contributed by atoms with Crippen molar-refractivity contribution in [3.8, 4) is 5.69 Å². The predicted molar refractivity (Wildman–Crippen MR) is 102 cm³/mol. The lowest BCUT2D eigenvalue weighted by Gasteiger charge is -2.09. The van der Waals surface area contributed by atoms with Gasteiger partial charge in [0.15, 0.2) is 0 Å². The van der Waals surface area contributed by atoms with E-state index in [4.69, 9.17) is 4.74 Å². The number of hydrogen-bond acceptors (Lipinski definition) is 5. The standard InChI is InChI=1S/C20H20N4O3/c1-2-12-27-20(26)22-16-5-3-4-15(13-16)14-18-19(25)8-11-24(23-18)17-6-9-21-10-7-17/h3-11,13H,2,12,14H2,1H3,(H,22,26). The number of amides is 1. The van der Waals surface area contributed by atoms with Gasteiger partial charge in [0, 0.05) is 36.8 Å². The summed E-state index contributed by atoms with van der Waals surface area (Å²) in [5, 5.41) is 7.12. The van der Waals surface area contributed by atoms with Crippen LogP contribution in [0.5, 0.6) is 0 Å². The molecule has 7 heteroatoms. The molecule has 0 saturated carbocycles. The maximum absolute atomic E-state index is 12.2. The zero-order valence-electron chi connectivity index (χ0n) is 15.0. The largest absolute Gasteiger partial charge is 0.449 e. The van der Waals surface area contributed by atoms with E-state index in [1.54, 1.807) is 35.4 Å². The van der Waals surface area contributed by atoms with E-state index >= 15 is 0 Å². The Bertz CT molecular complexity index is 970. The van der Waals surface area contributed by atoms with Crippen molar-refractivity contribution in [3.63, 3.8) is 0 Å². The second-order valence-electron chi connectivity index (χ2n) is 5.91. The van der Waals surface area contributed by atoms with Crippen molar-refractivity contribution < 1.29 is 9.53 Å². The van der Waals surface area contributed by atoms with Crippen LogP contribution in [0.25, 0.3) is 5.69 Å². The molecule has 0 aliphatic rings. The number of hydrogen-bond donors (Lipinski definition) is 1. The van der Waals surface area contributed by atoms with Crippen molar-refractivity contribution in [2.45, 2.75) is 19.8 Å². The molecule has 0 fully saturated rings. The molecule has 0 atom stereocenters. The molecule has 0 unspecified atom stereocenters. The normalized spacial score (nSPS) is 10.4. The Morgan fingerprint density at radius 1 is 1.19 bits per heavy atom. The minimum atomic E-state index is -0.494. The maximum atomic E-state index is 12.2. The van der Waals surface area contributed by atoms with Crippen LogP contribution in [0.15, 0.2) is 65.8 Å². The van der Waals surface area contributed by atoms with Gasteiger partial charge < -0.3 is 4.74 Å². The molecule has 0 aliphatic carbocycles. The van der Waals surface area contributed by atoms with Gasteiger partial charge in [0.05, 0.1) is 12.3 Å². The highest BCUT2D eigenvalue weighted by molar-refractivity contribution is 5.84. The summed E-state index contributed by atoms with van der Waals surface area (Å²) in [6, 6.07) is 12.4. The summed E-state index contributed by atoms with van der Waals surface area (Å²) < 4.78 is 6.66. The van der Waals surface area contributed by atoms with Crippen LogP contribution in [-0.2, 0) is 11.2 Å². The van der Waals surface area contributed by atoms with Gasteiger partial charge in [0.2, 0.25) is 5.43 Å². The third-order valence-electron chi connectivity index (χ3n) is 3.79. The molecule has 0 saturated heterocycles. The first kappa shape index (κ1) is 18.3. The monoisotopic (exact) mass is 364 g/mol. The Morgan fingerprint density at radius 2 is 2.00 bits per heavy atom. The van der Waals surface area contributed by atoms with E-state index in [2.05, 4.69) is 15.4 Å². The van der Waals surface area contributed by atoms with E-state index in [0.717, 1.165) is 17.7 Å². The maximum Gasteiger partial charge on any atom is 0.411 e. The third-order valence-corrected chi connectivity index (χ3v) is 3.79. The van der Waals surface area contributed by atoms with Crippen molar-refractivity contribution in [2.24, 2.45) is 0 Å². The Morgan fingerprint density at radius 3 is 2.78 bits per heavy atom. The average Bonchev–Trinajstić information content (AvgIpc) is 2.69. The van der Waals surface area contributed by atoms with E-state index in [1.807, 2.05) is 31.2 Å². The lowest BCUT2D eigenvalue weighted by molar-refractivity contribution is 0.161. The summed E-state index contributed by atoms with van der Waals surface area (Å²) in [6.07, 6.45) is 5.58.